The molecular weight excluding hydrogens is 346 g/mol. The highest BCUT2D eigenvalue weighted by molar-refractivity contribution is 5.36. The average Bonchev–Trinajstić information content (AvgIpc) is 3.38. The van der Waals surface area contributed by atoms with Crippen molar-refractivity contribution in [3.8, 4) is 5.69 Å². The van der Waals surface area contributed by atoms with Crippen molar-refractivity contribution >= 4 is 0 Å². The molecule has 1 unspecified atom stereocenters. The van der Waals surface area contributed by atoms with Crippen LogP contribution in [0.15, 0.2) is 73.3 Å². The summed E-state index contributed by atoms with van der Waals surface area (Å²) in [5.74, 6) is 0.294. The van der Waals surface area contributed by atoms with E-state index in [9.17, 15) is 0 Å². The summed E-state index contributed by atoms with van der Waals surface area (Å²) >= 11 is 0. The van der Waals surface area contributed by atoms with Gasteiger partial charge in [0.1, 0.15) is 0 Å². The topological polar surface area (TPSA) is 49.7 Å². The number of aromatic amines is 1. The van der Waals surface area contributed by atoms with Crippen molar-refractivity contribution in [3.05, 3.63) is 101 Å². The molecule has 0 saturated carbocycles. The summed E-state index contributed by atoms with van der Waals surface area (Å²) in [7, 11) is 0. The summed E-state index contributed by atoms with van der Waals surface area (Å²) in [6.07, 6.45) is 5.93. The normalized spacial score (nSPS) is 16.8. The van der Waals surface area contributed by atoms with Gasteiger partial charge in [-0.1, -0.05) is 42.5 Å². The van der Waals surface area contributed by atoms with Gasteiger partial charge >= 0.3 is 0 Å². The molecule has 0 aliphatic carbocycles. The van der Waals surface area contributed by atoms with Crippen LogP contribution in [0.25, 0.3) is 5.69 Å². The van der Waals surface area contributed by atoms with Crippen LogP contribution >= 0.6 is 0 Å². The van der Waals surface area contributed by atoms with Gasteiger partial charge in [0.15, 0.2) is 0 Å². The Labute approximate surface area is 164 Å². The first kappa shape index (κ1) is 17.0. The summed E-state index contributed by atoms with van der Waals surface area (Å²) in [6.45, 7) is 4.81. The zero-order chi connectivity index (χ0) is 18.9. The second-order valence-electron chi connectivity index (χ2n) is 7.53. The molecule has 5 nitrogen and oxygen atoms in total. The van der Waals surface area contributed by atoms with Crippen molar-refractivity contribution < 1.29 is 0 Å². The summed E-state index contributed by atoms with van der Waals surface area (Å²) in [5.41, 5.74) is 7.27. The Hall–Kier alpha value is -3.18. The Morgan fingerprint density at radius 1 is 1.11 bits per heavy atom. The fraction of sp³-hybridized carbons (Fsp3) is 0.217. The standard InChI is InChI=1S/C23H23N5/c1-17-6-5-9-20(10-17)28-13-18(11-26-28)12-27-14-21(19-7-3-2-4-8-19)23-22(15-27)24-16-25-23/h2-11,13,16,21H,12,14-15H2,1H3,(H,24,25). The number of nitrogens with one attached hydrogen (secondary N) is 1. The SMILES string of the molecule is Cc1cccc(-n2cc(CN3Cc4[nH]cnc4C(c4ccccc4)C3)cn2)c1. The largest absolute Gasteiger partial charge is 0.347 e. The van der Waals surface area contributed by atoms with Crippen LogP contribution in [0.2, 0.25) is 0 Å². The van der Waals surface area contributed by atoms with Crippen LogP contribution in [-0.4, -0.2) is 31.2 Å². The van der Waals surface area contributed by atoms with Gasteiger partial charge in [-0.05, 0) is 30.2 Å². The number of fused-ring (bicyclic) bond motifs is 1. The number of benzene rings is 2. The predicted molar refractivity (Wildman–Crippen MR) is 109 cm³/mol. The zero-order valence-corrected chi connectivity index (χ0v) is 15.9. The number of H-pyrrole nitrogens is 1. The van der Waals surface area contributed by atoms with Crippen molar-refractivity contribution in [1.82, 2.24) is 24.6 Å². The Morgan fingerprint density at radius 2 is 2.00 bits per heavy atom. The minimum absolute atomic E-state index is 0.294. The van der Waals surface area contributed by atoms with Crippen LogP contribution in [0.5, 0.6) is 0 Å². The molecule has 3 heterocycles. The van der Waals surface area contributed by atoms with E-state index in [0.717, 1.165) is 25.3 Å². The second kappa shape index (κ2) is 7.09. The van der Waals surface area contributed by atoms with E-state index in [4.69, 9.17) is 0 Å². The quantitative estimate of drug-likeness (QED) is 0.590. The van der Waals surface area contributed by atoms with Crippen LogP contribution < -0.4 is 0 Å². The van der Waals surface area contributed by atoms with E-state index in [1.54, 1.807) is 0 Å². The Kier molecular flexibility index (Phi) is 4.29. The van der Waals surface area contributed by atoms with Crippen LogP contribution in [0.3, 0.4) is 0 Å². The molecule has 0 fully saturated rings. The number of aromatic nitrogens is 4. The van der Waals surface area contributed by atoms with Crippen molar-refractivity contribution in [2.24, 2.45) is 0 Å². The van der Waals surface area contributed by atoms with Crippen molar-refractivity contribution in [2.75, 3.05) is 6.54 Å². The molecule has 4 aromatic rings. The van der Waals surface area contributed by atoms with Gasteiger partial charge in [0.2, 0.25) is 0 Å². The molecular formula is C23H23N5. The molecule has 0 bridgehead atoms. The monoisotopic (exact) mass is 369 g/mol. The van der Waals surface area contributed by atoms with Gasteiger partial charge in [0.25, 0.3) is 0 Å². The van der Waals surface area contributed by atoms with Crippen LogP contribution in [0.4, 0.5) is 0 Å². The number of hydrogen-bond donors (Lipinski definition) is 1. The van der Waals surface area contributed by atoms with E-state index >= 15 is 0 Å². The fourth-order valence-corrected chi connectivity index (χ4v) is 4.07. The van der Waals surface area contributed by atoms with E-state index in [-0.39, 0.29) is 0 Å². The third-order valence-corrected chi connectivity index (χ3v) is 5.41. The molecule has 5 heteroatoms. The lowest BCUT2D eigenvalue weighted by Crippen LogP contribution is -2.33. The maximum atomic E-state index is 4.61. The molecule has 140 valence electrons. The molecule has 1 aliphatic heterocycles. The molecule has 0 saturated heterocycles. The van der Waals surface area contributed by atoms with E-state index in [1.807, 2.05) is 17.2 Å². The van der Waals surface area contributed by atoms with Gasteiger partial charge < -0.3 is 4.98 Å². The third kappa shape index (κ3) is 3.25. The van der Waals surface area contributed by atoms with E-state index in [0.29, 0.717) is 5.92 Å². The smallest absolute Gasteiger partial charge is 0.0925 e. The Balaban J connectivity index is 1.38. The lowest BCUT2D eigenvalue weighted by molar-refractivity contribution is 0.228. The minimum atomic E-state index is 0.294. The molecule has 1 N–H and O–H groups in total. The van der Waals surface area contributed by atoms with Crippen molar-refractivity contribution in [1.29, 1.82) is 0 Å². The van der Waals surface area contributed by atoms with Crippen LogP contribution in [-0.2, 0) is 13.1 Å². The minimum Gasteiger partial charge on any atom is -0.347 e. The maximum Gasteiger partial charge on any atom is 0.0925 e. The van der Waals surface area contributed by atoms with Gasteiger partial charge in [-0.2, -0.15) is 5.10 Å². The first-order valence-corrected chi connectivity index (χ1v) is 9.66. The van der Waals surface area contributed by atoms with Crippen LogP contribution in [0, 0.1) is 6.92 Å². The van der Waals surface area contributed by atoms with Gasteiger partial charge in [0.05, 0.1) is 29.6 Å². The lowest BCUT2D eigenvalue weighted by atomic mass is 9.91. The Bertz CT molecular complexity index is 1080. The molecule has 0 spiro atoms. The number of imidazole rings is 1. The van der Waals surface area contributed by atoms with E-state index < -0.39 is 0 Å². The maximum absolute atomic E-state index is 4.61. The third-order valence-electron chi connectivity index (χ3n) is 5.41. The summed E-state index contributed by atoms with van der Waals surface area (Å²) in [6, 6.07) is 19.1. The van der Waals surface area contributed by atoms with E-state index in [1.165, 1.54) is 28.1 Å². The zero-order valence-electron chi connectivity index (χ0n) is 15.9. The highest BCUT2D eigenvalue weighted by atomic mass is 15.3. The second-order valence-corrected chi connectivity index (χ2v) is 7.53. The van der Waals surface area contributed by atoms with Gasteiger partial charge in [0, 0.05) is 37.3 Å². The number of aryl methyl sites for hydroxylation is 1. The molecule has 1 atom stereocenters. The highest BCUT2D eigenvalue weighted by Crippen LogP contribution is 2.32. The van der Waals surface area contributed by atoms with Gasteiger partial charge in [-0.3, -0.25) is 4.90 Å². The molecule has 2 aromatic heterocycles. The van der Waals surface area contributed by atoms with Gasteiger partial charge in [-0.15, -0.1) is 0 Å². The Morgan fingerprint density at radius 3 is 2.86 bits per heavy atom. The van der Waals surface area contributed by atoms with Crippen molar-refractivity contribution in [2.45, 2.75) is 25.9 Å². The molecule has 2 aromatic carbocycles. The first-order valence-electron chi connectivity index (χ1n) is 9.66. The summed E-state index contributed by atoms with van der Waals surface area (Å²) in [5, 5.41) is 4.57. The number of hydrogen-bond acceptors (Lipinski definition) is 3. The molecule has 28 heavy (non-hydrogen) atoms. The predicted octanol–water partition coefficient (Wildman–Crippen LogP) is 4.05. The van der Waals surface area contributed by atoms with Crippen LogP contribution in [0.1, 0.15) is 34.0 Å². The first-order chi connectivity index (χ1) is 13.8. The van der Waals surface area contributed by atoms with E-state index in [2.05, 4.69) is 87.7 Å². The molecule has 0 amide bonds. The van der Waals surface area contributed by atoms with Gasteiger partial charge in [-0.25, -0.2) is 9.67 Å². The molecule has 5 rings (SSSR count). The number of rotatable bonds is 4. The summed E-state index contributed by atoms with van der Waals surface area (Å²) < 4.78 is 1.96. The molecule has 1 aliphatic rings. The fourth-order valence-electron chi connectivity index (χ4n) is 4.07. The molecule has 0 radical (unpaired) electrons. The highest BCUT2D eigenvalue weighted by Gasteiger charge is 2.28. The average molecular weight is 369 g/mol. The lowest BCUT2D eigenvalue weighted by Gasteiger charge is -2.32. The summed E-state index contributed by atoms with van der Waals surface area (Å²) in [4.78, 5) is 10.4. The number of nitrogens with zero attached hydrogens (tertiary/aromatic N) is 4. The van der Waals surface area contributed by atoms with Crippen molar-refractivity contribution in [3.63, 3.8) is 0 Å².